The molecule has 0 spiro atoms. The van der Waals surface area contributed by atoms with E-state index in [0.717, 1.165) is 35.3 Å². The molecule has 100 valence electrons. The summed E-state index contributed by atoms with van der Waals surface area (Å²) < 4.78 is 2.22. The Morgan fingerprint density at radius 1 is 1.20 bits per heavy atom. The molecule has 20 heavy (non-hydrogen) atoms. The molecule has 2 aromatic heterocycles. The smallest absolute Gasteiger partial charge is 0.143 e. The van der Waals surface area contributed by atoms with Crippen LogP contribution in [-0.4, -0.2) is 19.6 Å². The van der Waals surface area contributed by atoms with E-state index in [2.05, 4.69) is 14.5 Å². The monoisotopic (exact) mass is 285 g/mol. The van der Waals surface area contributed by atoms with Gasteiger partial charge in [-0.1, -0.05) is 11.6 Å². The minimum Gasteiger partial charge on any atom is -0.506 e. The van der Waals surface area contributed by atoms with Crippen molar-refractivity contribution in [2.24, 2.45) is 0 Å². The summed E-state index contributed by atoms with van der Waals surface area (Å²) in [5, 5.41) is 10.3. The summed E-state index contributed by atoms with van der Waals surface area (Å²) in [6, 6.07) is 7.93. The third-order valence-electron chi connectivity index (χ3n) is 3.55. The molecule has 2 heterocycles. The number of fused-ring (bicyclic) bond motifs is 1. The second-order valence-corrected chi connectivity index (χ2v) is 5.54. The third kappa shape index (κ3) is 1.84. The summed E-state index contributed by atoms with van der Waals surface area (Å²) in [5.74, 6) is 0.989. The molecule has 0 aliphatic heterocycles. The lowest BCUT2D eigenvalue weighted by Crippen LogP contribution is -1.97. The molecule has 0 bridgehead atoms. The van der Waals surface area contributed by atoms with Gasteiger partial charge in [0.25, 0.3) is 0 Å². The number of halogens is 1. The number of pyridine rings is 1. The van der Waals surface area contributed by atoms with Gasteiger partial charge in [-0.3, -0.25) is 4.98 Å². The van der Waals surface area contributed by atoms with E-state index in [0.29, 0.717) is 11.1 Å². The van der Waals surface area contributed by atoms with E-state index in [1.807, 2.05) is 18.2 Å². The highest BCUT2D eigenvalue weighted by Gasteiger charge is 2.28. The van der Waals surface area contributed by atoms with E-state index < -0.39 is 0 Å². The van der Waals surface area contributed by atoms with Crippen molar-refractivity contribution < 1.29 is 5.11 Å². The number of nitrogens with zero attached hydrogens (tertiary/aromatic N) is 3. The molecule has 0 amide bonds. The van der Waals surface area contributed by atoms with E-state index in [9.17, 15) is 5.11 Å². The molecule has 1 aliphatic rings. The minimum atomic E-state index is 0.148. The molecule has 0 saturated heterocycles. The van der Waals surface area contributed by atoms with E-state index in [4.69, 9.17) is 11.6 Å². The van der Waals surface area contributed by atoms with Crippen molar-refractivity contribution in [1.82, 2.24) is 14.5 Å². The van der Waals surface area contributed by atoms with Gasteiger partial charge in [0.15, 0.2) is 0 Å². The number of aromatic hydroxyl groups is 1. The fraction of sp³-hybridized carbons (Fsp3) is 0.200. The zero-order chi connectivity index (χ0) is 13.7. The Kier molecular flexibility index (Phi) is 2.47. The van der Waals surface area contributed by atoms with Gasteiger partial charge in [-0.05, 0) is 37.1 Å². The molecule has 1 aromatic carbocycles. The highest BCUT2D eigenvalue weighted by atomic mass is 35.5. The van der Waals surface area contributed by atoms with Crippen LogP contribution in [0, 0.1) is 0 Å². The first-order valence-electron chi connectivity index (χ1n) is 6.54. The lowest BCUT2D eigenvalue weighted by atomic mass is 10.2. The number of aromatic nitrogens is 3. The maximum Gasteiger partial charge on any atom is 0.143 e. The van der Waals surface area contributed by atoms with Gasteiger partial charge in [0.1, 0.15) is 11.6 Å². The first kappa shape index (κ1) is 11.7. The van der Waals surface area contributed by atoms with Gasteiger partial charge in [0.2, 0.25) is 0 Å². The van der Waals surface area contributed by atoms with Crippen LogP contribution in [0.4, 0.5) is 0 Å². The van der Waals surface area contributed by atoms with Crippen LogP contribution < -0.4 is 0 Å². The van der Waals surface area contributed by atoms with E-state index in [1.54, 1.807) is 12.3 Å². The van der Waals surface area contributed by atoms with Crippen LogP contribution in [0.25, 0.3) is 22.4 Å². The summed E-state index contributed by atoms with van der Waals surface area (Å²) >= 11 is 6.05. The average molecular weight is 286 g/mol. The molecule has 1 aliphatic carbocycles. The van der Waals surface area contributed by atoms with Gasteiger partial charge < -0.3 is 9.67 Å². The summed E-state index contributed by atoms with van der Waals surface area (Å²) in [5.41, 5.74) is 2.78. The molecular weight excluding hydrogens is 274 g/mol. The minimum absolute atomic E-state index is 0.148. The van der Waals surface area contributed by atoms with Crippen molar-refractivity contribution in [1.29, 1.82) is 0 Å². The first-order chi connectivity index (χ1) is 9.72. The maximum atomic E-state index is 9.62. The number of hydrogen-bond donors (Lipinski definition) is 1. The van der Waals surface area contributed by atoms with E-state index in [1.165, 1.54) is 6.20 Å². The van der Waals surface area contributed by atoms with Crippen LogP contribution in [0.15, 0.2) is 36.7 Å². The molecule has 1 N–H and O–H groups in total. The van der Waals surface area contributed by atoms with Crippen molar-refractivity contribution in [3.63, 3.8) is 0 Å². The van der Waals surface area contributed by atoms with Crippen LogP contribution >= 0.6 is 11.6 Å². The normalized spacial score (nSPS) is 14.8. The first-order valence-corrected chi connectivity index (χ1v) is 6.92. The Hall–Kier alpha value is -2.07. The Morgan fingerprint density at radius 2 is 2.05 bits per heavy atom. The summed E-state index contributed by atoms with van der Waals surface area (Å²) in [6.45, 7) is 0. The highest BCUT2D eigenvalue weighted by Crippen LogP contribution is 2.41. The predicted octanol–water partition coefficient (Wildman–Crippen LogP) is 3.79. The van der Waals surface area contributed by atoms with Crippen LogP contribution in [-0.2, 0) is 0 Å². The van der Waals surface area contributed by atoms with Crippen molar-refractivity contribution >= 4 is 22.6 Å². The number of hydrogen-bond acceptors (Lipinski definition) is 3. The van der Waals surface area contributed by atoms with Crippen LogP contribution in [0.1, 0.15) is 18.9 Å². The van der Waals surface area contributed by atoms with Gasteiger partial charge in [0, 0.05) is 22.8 Å². The number of imidazole rings is 1. The average Bonchev–Trinajstić information content (AvgIpc) is 3.19. The van der Waals surface area contributed by atoms with Gasteiger partial charge in [-0.25, -0.2) is 4.98 Å². The molecule has 4 rings (SSSR count). The fourth-order valence-electron chi connectivity index (χ4n) is 2.53. The van der Waals surface area contributed by atoms with Gasteiger partial charge >= 0.3 is 0 Å². The Morgan fingerprint density at radius 3 is 2.80 bits per heavy atom. The van der Waals surface area contributed by atoms with Gasteiger partial charge in [-0.15, -0.1) is 0 Å². The van der Waals surface area contributed by atoms with Gasteiger partial charge in [0.05, 0.1) is 17.2 Å². The molecule has 0 radical (unpaired) electrons. The zero-order valence-electron chi connectivity index (χ0n) is 10.6. The SMILES string of the molecule is Oc1cncc(-c2nc3cc(Cl)ccc3n2C2CC2)c1. The molecule has 1 saturated carbocycles. The molecule has 0 atom stereocenters. The largest absolute Gasteiger partial charge is 0.506 e. The molecule has 0 unspecified atom stereocenters. The Balaban J connectivity index is 2.00. The third-order valence-corrected chi connectivity index (χ3v) is 3.78. The standard InChI is InChI=1S/C15H12ClN3O/c16-10-1-4-14-13(6-10)18-15(19(14)11-2-3-11)9-5-12(20)8-17-7-9/h1,4-8,11,20H,2-3H2. The van der Waals surface area contributed by atoms with Crippen molar-refractivity contribution in [2.45, 2.75) is 18.9 Å². The second kappa shape index (κ2) is 4.21. The van der Waals surface area contributed by atoms with Crippen LogP contribution in [0.5, 0.6) is 5.75 Å². The molecule has 5 heteroatoms. The Labute approximate surface area is 120 Å². The topological polar surface area (TPSA) is 50.9 Å². The van der Waals surface area contributed by atoms with Gasteiger partial charge in [-0.2, -0.15) is 0 Å². The Bertz CT molecular complexity index is 808. The summed E-state index contributed by atoms with van der Waals surface area (Å²) in [4.78, 5) is 8.71. The molecule has 4 nitrogen and oxygen atoms in total. The van der Waals surface area contributed by atoms with Crippen LogP contribution in [0.3, 0.4) is 0 Å². The molecular formula is C15H12ClN3O. The molecule has 3 aromatic rings. The second-order valence-electron chi connectivity index (χ2n) is 5.10. The molecule has 1 fully saturated rings. The lowest BCUT2D eigenvalue weighted by molar-refractivity contribution is 0.473. The predicted molar refractivity (Wildman–Crippen MR) is 77.9 cm³/mol. The van der Waals surface area contributed by atoms with Crippen molar-refractivity contribution in [3.8, 4) is 17.1 Å². The zero-order valence-corrected chi connectivity index (χ0v) is 11.4. The maximum absolute atomic E-state index is 9.62. The lowest BCUT2D eigenvalue weighted by Gasteiger charge is -2.07. The number of benzene rings is 1. The van der Waals surface area contributed by atoms with E-state index in [-0.39, 0.29) is 5.75 Å². The summed E-state index contributed by atoms with van der Waals surface area (Å²) in [7, 11) is 0. The highest BCUT2D eigenvalue weighted by molar-refractivity contribution is 6.31. The van der Waals surface area contributed by atoms with Crippen molar-refractivity contribution in [2.75, 3.05) is 0 Å². The van der Waals surface area contributed by atoms with E-state index >= 15 is 0 Å². The fourth-order valence-corrected chi connectivity index (χ4v) is 2.69. The number of rotatable bonds is 2. The van der Waals surface area contributed by atoms with Crippen LogP contribution in [0.2, 0.25) is 5.02 Å². The summed E-state index contributed by atoms with van der Waals surface area (Å²) in [6.07, 6.45) is 5.46. The van der Waals surface area contributed by atoms with Crippen molar-refractivity contribution in [3.05, 3.63) is 41.7 Å². The quantitative estimate of drug-likeness (QED) is 0.779.